The molecule has 1 unspecified atom stereocenters. The van der Waals surface area contributed by atoms with Gasteiger partial charge in [-0.2, -0.15) is 0 Å². The number of hydrogen-bond donors (Lipinski definition) is 2. The zero-order valence-electron chi connectivity index (χ0n) is 14.1. The van der Waals surface area contributed by atoms with Gasteiger partial charge in [-0.3, -0.25) is 0 Å². The normalized spacial score (nSPS) is 11.6. The van der Waals surface area contributed by atoms with E-state index in [0.717, 1.165) is 23.0 Å². The number of nitrogens with one attached hydrogen (secondary N) is 1. The van der Waals surface area contributed by atoms with Crippen molar-refractivity contribution in [2.75, 3.05) is 12.4 Å². The minimum absolute atomic E-state index is 0.228. The summed E-state index contributed by atoms with van der Waals surface area (Å²) in [7, 11) is 1.57. The summed E-state index contributed by atoms with van der Waals surface area (Å²) >= 11 is 6.04. The fourth-order valence-electron chi connectivity index (χ4n) is 2.69. The van der Waals surface area contributed by atoms with Gasteiger partial charge in [0, 0.05) is 5.02 Å². The number of phenols is 1. The van der Waals surface area contributed by atoms with E-state index < -0.39 is 6.04 Å². The lowest BCUT2D eigenvalue weighted by molar-refractivity contribution is -0.108. The first-order valence-electron chi connectivity index (χ1n) is 8.05. The molecule has 0 bridgehead atoms. The highest BCUT2D eigenvalue weighted by atomic mass is 35.5. The van der Waals surface area contributed by atoms with Crippen LogP contribution in [0.15, 0.2) is 66.7 Å². The topological polar surface area (TPSA) is 58.6 Å². The van der Waals surface area contributed by atoms with Crippen LogP contribution in [0.2, 0.25) is 5.02 Å². The number of halogens is 1. The number of aldehydes is 1. The first-order chi connectivity index (χ1) is 12.6. The average molecular weight is 368 g/mol. The minimum Gasteiger partial charge on any atom is -0.508 e. The second kappa shape index (κ2) is 7.93. The van der Waals surface area contributed by atoms with Gasteiger partial charge in [-0.05, 0) is 47.0 Å². The predicted molar refractivity (Wildman–Crippen MR) is 104 cm³/mol. The lowest BCUT2D eigenvalue weighted by Gasteiger charge is -2.17. The number of ether oxygens (including phenoxy) is 1. The molecule has 0 fully saturated rings. The van der Waals surface area contributed by atoms with Crippen LogP contribution in [-0.2, 0) is 4.79 Å². The molecule has 26 heavy (non-hydrogen) atoms. The fourth-order valence-corrected chi connectivity index (χ4v) is 2.87. The molecule has 3 aromatic carbocycles. The highest BCUT2D eigenvalue weighted by molar-refractivity contribution is 6.30. The third-order valence-electron chi connectivity index (χ3n) is 4.08. The van der Waals surface area contributed by atoms with Crippen molar-refractivity contribution in [2.45, 2.75) is 6.04 Å². The number of carbonyl (C=O) groups is 1. The van der Waals surface area contributed by atoms with Crippen molar-refractivity contribution in [1.82, 2.24) is 0 Å². The maximum Gasteiger partial charge on any atom is 0.146 e. The zero-order chi connectivity index (χ0) is 18.5. The maximum atomic E-state index is 11.6. The smallest absolute Gasteiger partial charge is 0.146 e. The molecule has 0 spiro atoms. The van der Waals surface area contributed by atoms with Gasteiger partial charge in [0.1, 0.15) is 23.8 Å². The maximum absolute atomic E-state index is 11.6. The van der Waals surface area contributed by atoms with Gasteiger partial charge in [0.25, 0.3) is 0 Å². The Kier molecular flexibility index (Phi) is 5.44. The number of methoxy groups -OCH3 is 1. The third kappa shape index (κ3) is 3.98. The molecule has 132 valence electrons. The van der Waals surface area contributed by atoms with Crippen LogP contribution in [0.4, 0.5) is 5.69 Å². The third-order valence-corrected chi connectivity index (χ3v) is 4.31. The van der Waals surface area contributed by atoms with Crippen LogP contribution < -0.4 is 10.1 Å². The molecule has 0 aliphatic heterocycles. The molecule has 1 atom stereocenters. The van der Waals surface area contributed by atoms with Crippen LogP contribution in [0.25, 0.3) is 11.1 Å². The zero-order valence-corrected chi connectivity index (χ0v) is 14.9. The minimum atomic E-state index is -0.531. The van der Waals surface area contributed by atoms with Crippen LogP contribution in [-0.4, -0.2) is 18.5 Å². The van der Waals surface area contributed by atoms with Gasteiger partial charge in [0.05, 0.1) is 12.8 Å². The van der Waals surface area contributed by atoms with Crippen LogP contribution in [0.5, 0.6) is 11.5 Å². The molecule has 0 heterocycles. The number of phenolic OH excluding ortho intramolecular Hbond substituents is 1. The Balaban J connectivity index is 1.83. The fraction of sp³-hybridized carbons (Fsp3) is 0.0952. The molecule has 0 amide bonds. The quantitative estimate of drug-likeness (QED) is 0.597. The molecule has 3 aromatic rings. The Morgan fingerprint density at radius 1 is 1.00 bits per heavy atom. The highest BCUT2D eigenvalue weighted by Gasteiger charge is 2.13. The van der Waals surface area contributed by atoms with Crippen molar-refractivity contribution in [3.05, 3.63) is 77.3 Å². The van der Waals surface area contributed by atoms with E-state index in [1.54, 1.807) is 37.4 Å². The van der Waals surface area contributed by atoms with E-state index in [1.165, 1.54) is 0 Å². The molecule has 0 aromatic heterocycles. The lowest BCUT2D eigenvalue weighted by atomic mass is 10.0. The number of carbonyl (C=O) groups excluding carboxylic acids is 1. The van der Waals surface area contributed by atoms with Crippen molar-refractivity contribution in [3.63, 3.8) is 0 Å². The van der Waals surface area contributed by atoms with Gasteiger partial charge < -0.3 is 20.0 Å². The highest BCUT2D eigenvalue weighted by Crippen LogP contribution is 2.31. The first-order valence-corrected chi connectivity index (χ1v) is 8.43. The monoisotopic (exact) mass is 367 g/mol. The standard InChI is InChI=1S/C21H18ClNO3/c1-26-21-11-8-17(22)12-19(21)23-20(13-24)16-4-2-14(3-5-16)15-6-9-18(25)10-7-15/h2-13,20,23,25H,1H3. The van der Waals surface area contributed by atoms with Crippen LogP contribution in [0, 0.1) is 0 Å². The van der Waals surface area contributed by atoms with Gasteiger partial charge in [-0.25, -0.2) is 0 Å². The van der Waals surface area contributed by atoms with Crippen molar-refractivity contribution < 1.29 is 14.6 Å². The molecular weight excluding hydrogens is 350 g/mol. The van der Waals surface area contributed by atoms with Crippen molar-refractivity contribution in [1.29, 1.82) is 0 Å². The van der Waals surface area contributed by atoms with E-state index in [-0.39, 0.29) is 5.75 Å². The van der Waals surface area contributed by atoms with Crippen molar-refractivity contribution >= 4 is 23.6 Å². The van der Waals surface area contributed by atoms with E-state index in [9.17, 15) is 9.90 Å². The molecule has 0 saturated heterocycles. The summed E-state index contributed by atoms with van der Waals surface area (Å²) in [5, 5.41) is 13.1. The number of benzene rings is 3. The summed E-state index contributed by atoms with van der Waals surface area (Å²) in [6.07, 6.45) is 0.843. The number of hydrogen-bond acceptors (Lipinski definition) is 4. The average Bonchev–Trinajstić information content (AvgIpc) is 2.67. The Hall–Kier alpha value is -2.98. The molecule has 5 heteroatoms. The molecule has 4 nitrogen and oxygen atoms in total. The molecule has 3 rings (SSSR count). The van der Waals surface area contributed by atoms with Gasteiger partial charge in [0.15, 0.2) is 0 Å². The van der Waals surface area contributed by atoms with Crippen LogP contribution in [0.3, 0.4) is 0 Å². The summed E-state index contributed by atoms with van der Waals surface area (Å²) in [6, 6.07) is 19.3. The first kappa shape index (κ1) is 17.8. The predicted octanol–water partition coefficient (Wildman–Crippen LogP) is 5.07. The summed E-state index contributed by atoms with van der Waals surface area (Å²) in [5.74, 6) is 0.841. The van der Waals surface area contributed by atoms with E-state index in [2.05, 4.69) is 5.32 Å². The Labute approximate surface area is 157 Å². The van der Waals surface area contributed by atoms with E-state index in [0.29, 0.717) is 16.5 Å². The largest absolute Gasteiger partial charge is 0.508 e. The second-order valence-corrected chi connectivity index (χ2v) is 6.21. The van der Waals surface area contributed by atoms with Gasteiger partial charge in [-0.15, -0.1) is 0 Å². The SMILES string of the molecule is COc1ccc(Cl)cc1NC(C=O)c1ccc(-c2ccc(O)cc2)cc1. The van der Waals surface area contributed by atoms with E-state index in [4.69, 9.17) is 16.3 Å². The molecule has 0 radical (unpaired) electrons. The number of rotatable bonds is 6. The Bertz CT molecular complexity index is 892. The number of anilines is 1. The number of aromatic hydroxyl groups is 1. The molecule has 0 aliphatic carbocycles. The Morgan fingerprint density at radius 2 is 1.62 bits per heavy atom. The summed E-state index contributed by atoms with van der Waals surface area (Å²) in [5.41, 5.74) is 3.46. The van der Waals surface area contributed by atoms with Crippen molar-refractivity contribution in [2.24, 2.45) is 0 Å². The van der Waals surface area contributed by atoms with E-state index >= 15 is 0 Å². The van der Waals surface area contributed by atoms with Crippen LogP contribution in [0.1, 0.15) is 11.6 Å². The summed E-state index contributed by atoms with van der Waals surface area (Å²) < 4.78 is 5.31. The van der Waals surface area contributed by atoms with Crippen LogP contribution >= 0.6 is 11.6 Å². The second-order valence-electron chi connectivity index (χ2n) is 5.77. The summed E-state index contributed by atoms with van der Waals surface area (Å²) in [4.78, 5) is 11.6. The lowest BCUT2D eigenvalue weighted by Crippen LogP contribution is -2.12. The van der Waals surface area contributed by atoms with E-state index in [1.807, 2.05) is 36.4 Å². The molecule has 2 N–H and O–H groups in total. The molecular formula is C21H18ClNO3. The van der Waals surface area contributed by atoms with Gasteiger partial charge in [0.2, 0.25) is 0 Å². The molecule has 0 aliphatic rings. The van der Waals surface area contributed by atoms with Crippen molar-refractivity contribution in [3.8, 4) is 22.6 Å². The van der Waals surface area contributed by atoms with Gasteiger partial charge in [-0.1, -0.05) is 48.0 Å². The van der Waals surface area contributed by atoms with Gasteiger partial charge >= 0.3 is 0 Å². The Morgan fingerprint density at radius 3 is 2.19 bits per heavy atom. The molecule has 0 saturated carbocycles. The summed E-state index contributed by atoms with van der Waals surface area (Å²) in [6.45, 7) is 0.